The first kappa shape index (κ1) is 45.8. The van der Waals surface area contributed by atoms with Gasteiger partial charge < -0.3 is 60.3 Å². The summed E-state index contributed by atoms with van der Waals surface area (Å²) < 4.78 is 33.9. The average Bonchev–Trinajstić information content (AvgIpc) is 3.61. The Hall–Kier alpha value is -8.60. The molecule has 0 saturated heterocycles. The minimum Gasteiger partial charge on any atom is -0.507 e. The number of aromatic hydroxyl groups is 4. The lowest BCUT2D eigenvalue weighted by Crippen LogP contribution is -2.11. The van der Waals surface area contributed by atoms with E-state index in [0.29, 0.717) is 105 Å². The van der Waals surface area contributed by atoms with Gasteiger partial charge in [0.25, 0.3) is 0 Å². The lowest BCUT2D eigenvalue weighted by molar-refractivity contribution is 0.373. The number of hydrogen-bond acceptors (Lipinski definition) is 16. The van der Waals surface area contributed by atoms with Crippen molar-refractivity contribution in [3.63, 3.8) is 0 Å². The van der Waals surface area contributed by atoms with Gasteiger partial charge in [0, 0.05) is 108 Å². The molecule has 0 saturated carbocycles. The van der Waals surface area contributed by atoms with Crippen LogP contribution in [-0.4, -0.2) is 63.1 Å². The Bertz CT molecular complexity index is 4130. The van der Waals surface area contributed by atoms with Crippen molar-refractivity contribution in [3.8, 4) is 57.5 Å². The smallest absolute Gasteiger partial charge is 0.194 e. The van der Waals surface area contributed by atoms with Crippen molar-refractivity contribution in [2.75, 3.05) is 42.7 Å². The largest absolute Gasteiger partial charge is 0.507 e. The molecule has 2 aliphatic rings. The molecule has 0 fully saturated rings. The second-order valence-electron chi connectivity index (χ2n) is 18.3. The van der Waals surface area contributed by atoms with Gasteiger partial charge in [0.2, 0.25) is 0 Å². The third-order valence-electron chi connectivity index (χ3n) is 14.7. The summed E-state index contributed by atoms with van der Waals surface area (Å²) in [5.74, 6) is 0.525. The molecule has 0 radical (unpaired) electrons. The molecule has 0 spiro atoms. The van der Waals surface area contributed by atoms with E-state index in [9.17, 15) is 39.6 Å². The van der Waals surface area contributed by atoms with E-state index in [1.54, 1.807) is 0 Å². The monoisotopic (exact) mass is 970 g/mol. The summed E-state index contributed by atoms with van der Waals surface area (Å²) in [5.41, 5.74) is 15.9. The minimum absolute atomic E-state index is 0.00363. The van der Waals surface area contributed by atoms with E-state index in [1.165, 1.54) is 66.9 Å². The fourth-order valence-electron chi connectivity index (χ4n) is 12.0. The van der Waals surface area contributed by atoms with Crippen LogP contribution in [0.25, 0.3) is 98.3 Å². The Kier molecular flexibility index (Phi) is 10.2. The van der Waals surface area contributed by atoms with Gasteiger partial charge in [-0.15, -0.1) is 0 Å². The number of nitrogens with two attached hydrogens (primary N) is 2. The molecule has 12 rings (SSSR count). The predicted octanol–water partition coefficient (Wildman–Crippen LogP) is 7.50. The molecule has 364 valence electrons. The molecule has 16 nitrogen and oxygen atoms in total. The highest BCUT2D eigenvalue weighted by molar-refractivity contribution is 6.40. The van der Waals surface area contributed by atoms with Crippen LogP contribution in [0, 0.1) is 0 Å². The van der Waals surface area contributed by atoms with Gasteiger partial charge in [-0.25, -0.2) is 0 Å². The fraction of sp³-hybridized carbons (Fsp3) is 0.214. The molecule has 0 aromatic heterocycles. The third kappa shape index (κ3) is 5.63. The molecule has 0 unspecified atom stereocenters. The summed E-state index contributed by atoms with van der Waals surface area (Å²) in [6, 6.07) is 5.24. The van der Waals surface area contributed by atoms with Crippen LogP contribution < -0.4 is 61.6 Å². The van der Waals surface area contributed by atoms with E-state index in [2.05, 4.69) is 0 Å². The van der Waals surface area contributed by atoms with Gasteiger partial charge in [0.1, 0.15) is 34.5 Å². The Morgan fingerprint density at radius 3 is 1.12 bits per heavy atom. The SMILES string of the molecule is COc1c(O)c2c(=O)cc(OC)c3c4c(OC)cc(=O)c5c(O)c(CN)c6c(c(c1C=C(C)C6)c23)c54.COc1c(O)c2c(=O)cc(OC)c3c4c(OC)cc(=O)c5c(O)c(CN)c6c(c(c1CC(C)=C6)c23)c54. The Labute approximate surface area is 407 Å². The molecule has 72 heavy (non-hydrogen) atoms. The van der Waals surface area contributed by atoms with Crippen LogP contribution >= 0.6 is 0 Å². The Morgan fingerprint density at radius 1 is 0.389 bits per heavy atom. The maximum Gasteiger partial charge on any atom is 0.194 e. The molecule has 10 aromatic rings. The number of methoxy groups -OCH3 is 6. The van der Waals surface area contributed by atoms with E-state index >= 15 is 0 Å². The Balaban J connectivity index is 0.000000156. The summed E-state index contributed by atoms with van der Waals surface area (Å²) in [5, 5.41) is 52.2. The molecule has 8 N–H and O–H groups in total. The fourth-order valence-corrected chi connectivity index (χ4v) is 12.0. The standard InChI is InChI=1S/2C28H23NO7/c2*1-10-5-11-13(9-29)26(32)20-14(30)7-16(34-2)22-23-17(35-3)8-15(31)21-25(23)19(18(11)24(20)22)12(6-10)28(36-4)27(21)33/h6-8,32-33H,5,9,29H2,1-4H3;5,7-8,32-33H,6,9,29H2,1-4H3. The number of ether oxygens (including phenoxy) is 6. The van der Waals surface area contributed by atoms with Crippen molar-refractivity contribution in [1.82, 2.24) is 0 Å². The average molecular weight is 971 g/mol. The van der Waals surface area contributed by atoms with E-state index in [1.807, 2.05) is 26.0 Å². The van der Waals surface area contributed by atoms with Crippen LogP contribution in [-0.2, 0) is 25.9 Å². The van der Waals surface area contributed by atoms with Crippen LogP contribution in [0.15, 0.2) is 54.6 Å². The summed E-state index contributed by atoms with van der Waals surface area (Å²) in [6.07, 6.45) is 4.65. The van der Waals surface area contributed by atoms with Gasteiger partial charge >= 0.3 is 0 Å². The molecule has 2 aliphatic carbocycles. The third-order valence-corrected chi connectivity index (χ3v) is 14.7. The van der Waals surface area contributed by atoms with Gasteiger partial charge in [-0.2, -0.15) is 0 Å². The highest BCUT2D eigenvalue weighted by Gasteiger charge is 2.35. The van der Waals surface area contributed by atoms with Gasteiger partial charge in [0.05, 0.1) is 64.2 Å². The maximum absolute atomic E-state index is 13.4. The van der Waals surface area contributed by atoms with Crippen molar-refractivity contribution in [1.29, 1.82) is 0 Å². The number of fused-ring (bicyclic) bond motifs is 2. The molecular formula is C56H46N2O14. The molecule has 0 aliphatic heterocycles. The molecule has 10 aromatic carbocycles. The quantitative estimate of drug-likeness (QED) is 0.0636. The zero-order chi connectivity index (χ0) is 51.3. The topological polar surface area (TPSA) is 257 Å². The maximum atomic E-state index is 13.4. The zero-order valence-corrected chi connectivity index (χ0v) is 40.3. The van der Waals surface area contributed by atoms with Gasteiger partial charge in [-0.1, -0.05) is 23.3 Å². The first-order valence-corrected chi connectivity index (χ1v) is 22.8. The van der Waals surface area contributed by atoms with Crippen LogP contribution in [0.3, 0.4) is 0 Å². The number of benzene rings is 10. The summed E-state index contributed by atoms with van der Waals surface area (Å²) in [6.45, 7) is 3.84. The zero-order valence-electron chi connectivity index (χ0n) is 40.3. The first-order valence-electron chi connectivity index (χ1n) is 22.8. The van der Waals surface area contributed by atoms with Crippen molar-refractivity contribution in [3.05, 3.63) is 110 Å². The van der Waals surface area contributed by atoms with E-state index < -0.39 is 21.7 Å². The van der Waals surface area contributed by atoms with Gasteiger partial charge in [-0.05, 0) is 54.0 Å². The summed E-state index contributed by atoms with van der Waals surface area (Å²) >= 11 is 0. The number of allylic oxidation sites excluding steroid dienone is 2. The minimum atomic E-state index is -0.437. The molecular weight excluding hydrogens is 925 g/mol. The lowest BCUT2D eigenvalue weighted by Gasteiger charge is -2.23. The number of phenols is 4. The highest BCUT2D eigenvalue weighted by atomic mass is 16.5. The normalized spacial score (nSPS) is 13.2. The van der Waals surface area contributed by atoms with E-state index in [4.69, 9.17) is 39.9 Å². The second-order valence-corrected chi connectivity index (χ2v) is 18.3. The van der Waals surface area contributed by atoms with Crippen molar-refractivity contribution >= 4 is 98.3 Å². The molecule has 0 atom stereocenters. The van der Waals surface area contributed by atoms with Gasteiger partial charge in [0.15, 0.2) is 44.7 Å². The van der Waals surface area contributed by atoms with Crippen molar-refractivity contribution < 1.29 is 48.8 Å². The molecule has 16 heteroatoms. The number of phenolic OH excluding ortho intramolecular Hbond substituents is 4. The Morgan fingerprint density at radius 2 is 0.722 bits per heavy atom. The second kappa shape index (κ2) is 16.0. The summed E-state index contributed by atoms with van der Waals surface area (Å²) in [4.78, 5) is 53.4. The van der Waals surface area contributed by atoms with Crippen molar-refractivity contribution in [2.24, 2.45) is 11.5 Å². The van der Waals surface area contributed by atoms with Crippen LogP contribution in [0.2, 0.25) is 0 Å². The number of hydrogen-bond donors (Lipinski definition) is 6. The van der Waals surface area contributed by atoms with Gasteiger partial charge in [-0.3, -0.25) is 19.2 Å². The highest BCUT2D eigenvalue weighted by Crippen LogP contribution is 2.57. The van der Waals surface area contributed by atoms with E-state index in [-0.39, 0.29) is 92.1 Å². The summed E-state index contributed by atoms with van der Waals surface area (Å²) in [7, 11) is 8.68. The molecule has 0 bridgehead atoms. The van der Waals surface area contributed by atoms with Crippen LogP contribution in [0.5, 0.6) is 57.5 Å². The molecule has 0 heterocycles. The first-order chi connectivity index (χ1) is 34.6. The number of rotatable bonds is 8. The van der Waals surface area contributed by atoms with Crippen LogP contribution in [0.1, 0.15) is 47.2 Å². The predicted molar refractivity (Wildman–Crippen MR) is 279 cm³/mol. The van der Waals surface area contributed by atoms with Crippen LogP contribution in [0.4, 0.5) is 0 Å². The van der Waals surface area contributed by atoms with E-state index in [0.717, 1.165) is 16.7 Å². The lowest BCUT2D eigenvalue weighted by atomic mass is 9.82. The molecule has 0 amide bonds. The van der Waals surface area contributed by atoms with Crippen molar-refractivity contribution in [2.45, 2.75) is 39.8 Å².